The molecule has 2 unspecified atom stereocenters. The van der Waals surface area contributed by atoms with Gasteiger partial charge in [0.2, 0.25) is 5.91 Å². The maximum atomic E-state index is 13.6. The molecule has 2 atom stereocenters. The zero-order valence-corrected chi connectivity index (χ0v) is 22.2. The second-order valence-corrected chi connectivity index (χ2v) is 9.87. The second kappa shape index (κ2) is 11.5. The highest BCUT2D eigenvalue weighted by atomic mass is 32.1. The first-order chi connectivity index (χ1) is 16.3. The standard InChI is InChI=1S/C26H35N3O5S/c1-15-10-8-11-16(2)20(15)28-23(31)21(18-13-9-12-17(3)22(18)30)29(7)24(32)19(14-35)27-25(33)34-26(4,5)6/h8-13,19,21,30,35H,14H2,1-7H3,(H,27,33)(H,28,31). The van der Waals surface area contributed by atoms with Gasteiger partial charge in [-0.05, 0) is 58.2 Å². The number of para-hydroxylation sites is 2. The third kappa shape index (κ3) is 7.14. The van der Waals surface area contributed by atoms with Crippen LogP contribution in [0.2, 0.25) is 0 Å². The molecule has 9 heteroatoms. The normalized spacial score (nSPS) is 12.9. The SMILES string of the molecule is Cc1cccc(C(C(=O)Nc2c(C)cccc2C)N(C)C(=O)C(CS)NC(=O)OC(C)(C)C)c1O. The molecule has 0 saturated heterocycles. The van der Waals surface area contributed by atoms with Gasteiger partial charge in [-0.25, -0.2) is 4.79 Å². The third-order valence-corrected chi connectivity index (χ3v) is 5.81. The highest BCUT2D eigenvalue weighted by molar-refractivity contribution is 7.80. The maximum Gasteiger partial charge on any atom is 0.408 e. The highest BCUT2D eigenvalue weighted by Gasteiger charge is 2.35. The van der Waals surface area contributed by atoms with Crippen LogP contribution in [0.25, 0.3) is 0 Å². The van der Waals surface area contributed by atoms with E-state index in [1.165, 1.54) is 11.9 Å². The van der Waals surface area contributed by atoms with Gasteiger partial charge in [0.25, 0.3) is 5.91 Å². The number of carbonyl (C=O) groups excluding carboxylic acids is 3. The number of hydrogen-bond acceptors (Lipinski definition) is 6. The first-order valence-electron chi connectivity index (χ1n) is 11.3. The fraction of sp³-hybridized carbons (Fsp3) is 0.423. The molecular formula is C26H35N3O5S. The van der Waals surface area contributed by atoms with Crippen molar-refractivity contribution in [1.29, 1.82) is 0 Å². The Morgan fingerprint density at radius 1 is 1.03 bits per heavy atom. The van der Waals surface area contributed by atoms with Crippen LogP contribution in [0.5, 0.6) is 5.75 Å². The van der Waals surface area contributed by atoms with Gasteiger partial charge in [0.1, 0.15) is 23.4 Å². The Balaban J connectivity index is 2.43. The van der Waals surface area contributed by atoms with Gasteiger partial charge < -0.3 is 25.4 Å². The van der Waals surface area contributed by atoms with Gasteiger partial charge in [0, 0.05) is 24.1 Å². The summed E-state index contributed by atoms with van der Waals surface area (Å²) in [4.78, 5) is 40.5. The fourth-order valence-corrected chi connectivity index (χ4v) is 3.89. The molecule has 190 valence electrons. The topological polar surface area (TPSA) is 108 Å². The minimum Gasteiger partial charge on any atom is -0.507 e. The molecule has 0 aliphatic rings. The number of nitrogens with one attached hydrogen (secondary N) is 2. The summed E-state index contributed by atoms with van der Waals surface area (Å²) in [6.45, 7) is 10.6. The molecule has 0 aliphatic carbocycles. The third-order valence-electron chi connectivity index (χ3n) is 5.45. The van der Waals surface area contributed by atoms with Crippen molar-refractivity contribution in [3.63, 3.8) is 0 Å². The molecule has 0 aromatic heterocycles. The number of hydrogen-bond donors (Lipinski definition) is 4. The van der Waals surface area contributed by atoms with E-state index in [2.05, 4.69) is 23.3 Å². The van der Waals surface area contributed by atoms with E-state index in [9.17, 15) is 19.5 Å². The molecule has 0 radical (unpaired) electrons. The average molecular weight is 502 g/mol. The van der Waals surface area contributed by atoms with Crippen LogP contribution in [0.3, 0.4) is 0 Å². The summed E-state index contributed by atoms with van der Waals surface area (Å²) in [5, 5.41) is 16.2. The number of thiol groups is 1. The van der Waals surface area contributed by atoms with Gasteiger partial charge in [-0.1, -0.05) is 36.4 Å². The minimum atomic E-state index is -1.18. The zero-order chi connectivity index (χ0) is 26.5. The van der Waals surface area contributed by atoms with Crippen LogP contribution in [0.1, 0.15) is 49.1 Å². The molecule has 2 rings (SSSR count). The van der Waals surface area contributed by atoms with Crippen molar-refractivity contribution in [3.8, 4) is 5.75 Å². The van der Waals surface area contributed by atoms with Gasteiger partial charge in [0.15, 0.2) is 0 Å². The number of amides is 3. The predicted octanol–water partition coefficient (Wildman–Crippen LogP) is 4.28. The van der Waals surface area contributed by atoms with Gasteiger partial charge >= 0.3 is 6.09 Å². The summed E-state index contributed by atoms with van der Waals surface area (Å²) in [6, 6.07) is 8.41. The van der Waals surface area contributed by atoms with Crippen LogP contribution in [0, 0.1) is 20.8 Å². The molecule has 35 heavy (non-hydrogen) atoms. The molecule has 8 nitrogen and oxygen atoms in total. The van der Waals surface area contributed by atoms with Gasteiger partial charge in [-0.15, -0.1) is 0 Å². The van der Waals surface area contributed by atoms with E-state index >= 15 is 0 Å². The Hall–Kier alpha value is -3.20. The van der Waals surface area contributed by atoms with Gasteiger partial charge in [-0.2, -0.15) is 12.6 Å². The number of benzene rings is 2. The lowest BCUT2D eigenvalue weighted by molar-refractivity contribution is -0.138. The molecule has 0 aliphatic heterocycles. The molecule has 2 aromatic carbocycles. The Labute approximate surface area is 212 Å². The van der Waals surface area contributed by atoms with Crippen molar-refractivity contribution in [2.45, 2.75) is 59.2 Å². The lowest BCUT2D eigenvalue weighted by Gasteiger charge is -2.32. The fourth-order valence-electron chi connectivity index (χ4n) is 3.64. The van der Waals surface area contributed by atoms with Gasteiger partial charge in [-0.3, -0.25) is 9.59 Å². The molecule has 2 aromatic rings. The van der Waals surface area contributed by atoms with Crippen molar-refractivity contribution in [3.05, 3.63) is 58.7 Å². The number of aryl methyl sites for hydroxylation is 3. The lowest BCUT2D eigenvalue weighted by Crippen LogP contribution is -2.52. The van der Waals surface area contributed by atoms with E-state index < -0.39 is 35.6 Å². The van der Waals surface area contributed by atoms with Crippen LogP contribution < -0.4 is 10.6 Å². The van der Waals surface area contributed by atoms with Crippen molar-refractivity contribution in [2.75, 3.05) is 18.1 Å². The number of phenols is 1. The number of alkyl carbamates (subject to hydrolysis) is 1. The van der Waals surface area contributed by atoms with Crippen molar-refractivity contribution < 1.29 is 24.2 Å². The summed E-state index contributed by atoms with van der Waals surface area (Å²) in [5.41, 5.74) is 2.43. The number of carbonyl (C=O) groups is 3. The van der Waals surface area contributed by atoms with E-state index in [1.54, 1.807) is 45.9 Å². The maximum absolute atomic E-state index is 13.6. The van der Waals surface area contributed by atoms with Crippen LogP contribution in [0.15, 0.2) is 36.4 Å². The summed E-state index contributed by atoms with van der Waals surface area (Å²) >= 11 is 4.22. The van der Waals surface area contributed by atoms with E-state index in [4.69, 9.17) is 4.74 Å². The number of rotatable bonds is 7. The Bertz CT molecular complexity index is 1080. The molecular weight excluding hydrogens is 466 g/mol. The molecule has 0 fully saturated rings. The zero-order valence-electron chi connectivity index (χ0n) is 21.3. The predicted molar refractivity (Wildman–Crippen MR) is 140 cm³/mol. The van der Waals surface area contributed by atoms with E-state index in [0.29, 0.717) is 11.3 Å². The number of phenolic OH excluding ortho intramolecular Hbond substituents is 1. The van der Waals surface area contributed by atoms with Gasteiger partial charge in [0.05, 0.1) is 0 Å². The number of likely N-dealkylation sites (N-methyl/N-ethyl adjacent to an activating group) is 1. The van der Waals surface area contributed by atoms with Crippen LogP contribution in [-0.2, 0) is 14.3 Å². The highest BCUT2D eigenvalue weighted by Crippen LogP contribution is 2.33. The quantitative estimate of drug-likeness (QED) is 0.424. The lowest BCUT2D eigenvalue weighted by atomic mass is 9.99. The number of aromatic hydroxyl groups is 1. The van der Waals surface area contributed by atoms with Crippen molar-refractivity contribution >= 4 is 36.2 Å². The molecule has 0 bridgehead atoms. The molecule has 0 saturated carbocycles. The number of nitrogens with zero attached hydrogens (tertiary/aromatic N) is 1. The Morgan fingerprint density at radius 3 is 2.11 bits per heavy atom. The van der Waals surface area contributed by atoms with E-state index in [-0.39, 0.29) is 17.1 Å². The average Bonchev–Trinajstić information content (AvgIpc) is 2.76. The Kier molecular flexibility index (Phi) is 9.20. The summed E-state index contributed by atoms with van der Waals surface area (Å²) in [6.07, 6.45) is -0.770. The summed E-state index contributed by atoms with van der Waals surface area (Å²) < 4.78 is 5.26. The molecule has 0 heterocycles. The van der Waals surface area contributed by atoms with Crippen molar-refractivity contribution in [1.82, 2.24) is 10.2 Å². The largest absolute Gasteiger partial charge is 0.507 e. The second-order valence-electron chi connectivity index (χ2n) is 9.50. The number of ether oxygens (including phenoxy) is 1. The molecule has 3 amide bonds. The summed E-state index contributed by atoms with van der Waals surface area (Å²) in [7, 11) is 1.45. The molecule has 3 N–H and O–H groups in total. The first kappa shape index (κ1) is 28.0. The van der Waals surface area contributed by atoms with E-state index in [0.717, 1.165) is 11.1 Å². The van der Waals surface area contributed by atoms with Crippen LogP contribution in [-0.4, -0.2) is 52.4 Å². The monoisotopic (exact) mass is 501 g/mol. The smallest absolute Gasteiger partial charge is 0.408 e. The summed E-state index contributed by atoms with van der Waals surface area (Å²) in [5.74, 6) is -1.17. The molecule has 0 spiro atoms. The number of anilines is 1. The Morgan fingerprint density at radius 2 is 1.57 bits per heavy atom. The van der Waals surface area contributed by atoms with E-state index in [1.807, 2.05) is 32.0 Å². The van der Waals surface area contributed by atoms with Crippen LogP contribution in [0.4, 0.5) is 10.5 Å². The van der Waals surface area contributed by atoms with Crippen LogP contribution >= 0.6 is 12.6 Å². The van der Waals surface area contributed by atoms with Crippen molar-refractivity contribution in [2.24, 2.45) is 0 Å². The minimum absolute atomic E-state index is 0.0204. The first-order valence-corrected chi connectivity index (χ1v) is 11.9.